The van der Waals surface area contributed by atoms with Gasteiger partial charge in [0, 0.05) is 17.7 Å². The average Bonchev–Trinajstić information content (AvgIpc) is 3.17. The summed E-state index contributed by atoms with van der Waals surface area (Å²) in [6.07, 6.45) is 3.77. The van der Waals surface area contributed by atoms with Crippen molar-refractivity contribution in [3.63, 3.8) is 0 Å². The first-order valence-electron chi connectivity index (χ1n) is 12.2. The van der Waals surface area contributed by atoms with Gasteiger partial charge in [0.05, 0.1) is 34.7 Å². The number of thiazole rings is 1. The molecule has 0 saturated carbocycles. The van der Waals surface area contributed by atoms with E-state index in [1.807, 2.05) is 45.2 Å². The molecule has 7 heteroatoms. The molecule has 0 aliphatic carbocycles. The lowest BCUT2D eigenvalue weighted by Gasteiger charge is -2.32. The Bertz CT molecular complexity index is 916. The molecule has 1 aliphatic heterocycles. The molecule has 0 saturated heterocycles. The molecular weight excluding hydrogens is 450 g/mol. The molecule has 2 rings (SSSR count). The fourth-order valence-corrected chi connectivity index (χ4v) is 5.02. The van der Waals surface area contributed by atoms with Gasteiger partial charge in [-0.1, -0.05) is 33.8 Å². The Morgan fingerprint density at radius 1 is 1.21 bits per heavy atom. The molecular formula is C27H41NO5S. The van der Waals surface area contributed by atoms with Crippen molar-refractivity contribution in [1.82, 2.24) is 4.98 Å². The van der Waals surface area contributed by atoms with Crippen LogP contribution < -0.4 is 0 Å². The van der Waals surface area contributed by atoms with Crippen molar-refractivity contribution in [1.29, 1.82) is 0 Å². The van der Waals surface area contributed by atoms with Crippen molar-refractivity contribution >= 4 is 29.2 Å². The molecule has 0 aromatic carbocycles. The molecule has 6 nitrogen and oxygen atoms in total. The third-order valence-electron chi connectivity index (χ3n) is 6.94. The van der Waals surface area contributed by atoms with Crippen LogP contribution in [0.15, 0.2) is 22.6 Å². The van der Waals surface area contributed by atoms with Gasteiger partial charge in [0.25, 0.3) is 0 Å². The Balaban J connectivity index is 2.35. The Morgan fingerprint density at radius 2 is 1.88 bits per heavy atom. The average molecular weight is 492 g/mol. The van der Waals surface area contributed by atoms with Crippen LogP contribution in [0.3, 0.4) is 0 Å². The molecule has 1 aromatic rings. The minimum absolute atomic E-state index is 0.0603. The van der Waals surface area contributed by atoms with E-state index >= 15 is 0 Å². The lowest BCUT2D eigenvalue weighted by molar-refractivity contribution is -0.153. The number of rotatable bonds is 2. The molecule has 1 unspecified atom stereocenters. The van der Waals surface area contributed by atoms with Gasteiger partial charge in [-0.3, -0.25) is 9.59 Å². The fraction of sp³-hybridized carbons (Fsp3) is 0.667. The summed E-state index contributed by atoms with van der Waals surface area (Å²) in [7, 11) is 0. The predicted molar refractivity (Wildman–Crippen MR) is 136 cm³/mol. The van der Waals surface area contributed by atoms with E-state index in [1.54, 1.807) is 25.2 Å². The fourth-order valence-electron chi connectivity index (χ4n) is 4.45. The van der Waals surface area contributed by atoms with E-state index < -0.39 is 29.7 Å². The van der Waals surface area contributed by atoms with Crippen molar-refractivity contribution in [2.45, 2.75) is 98.9 Å². The summed E-state index contributed by atoms with van der Waals surface area (Å²) in [6, 6.07) is 0. The number of aromatic nitrogens is 1. The minimum Gasteiger partial charge on any atom is -0.457 e. The summed E-state index contributed by atoms with van der Waals surface area (Å²) in [5.41, 5.74) is 1.40. The van der Waals surface area contributed by atoms with Crippen molar-refractivity contribution in [2.24, 2.45) is 17.3 Å². The van der Waals surface area contributed by atoms with Crippen LogP contribution in [0.4, 0.5) is 0 Å². The monoisotopic (exact) mass is 491 g/mol. The summed E-state index contributed by atoms with van der Waals surface area (Å²) in [6.45, 7) is 13.1. The number of carbonyl (C=O) groups is 2. The lowest BCUT2D eigenvalue weighted by Crippen LogP contribution is -2.42. The maximum Gasteiger partial charge on any atom is 0.309 e. The van der Waals surface area contributed by atoms with E-state index in [1.165, 1.54) is 0 Å². The van der Waals surface area contributed by atoms with E-state index in [0.717, 1.165) is 28.3 Å². The van der Waals surface area contributed by atoms with Gasteiger partial charge >= 0.3 is 5.97 Å². The number of aryl methyl sites for hydroxylation is 1. The molecule has 190 valence electrons. The summed E-state index contributed by atoms with van der Waals surface area (Å²) in [4.78, 5) is 30.4. The molecule has 2 N–H and O–H groups in total. The third kappa shape index (κ3) is 7.85. The Kier molecular flexibility index (Phi) is 10.2. The van der Waals surface area contributed by atoms with Gasteiger partial charge in [0.15, 0.2) is 0 Å². The summed E-state index contributed by atoms with van der Waals surface area (Å²) in [5, 5.41) is 24.4. The zero-order valence-corrected chi connectivity index (χ0v) is 22.4. The van der Waals surface area contributed by atoms with Crippen LogP contribution in [0.5, 0.6) is 0 Å². The number of carbonyl (C=O) groups excluding carboxylic acids is 2. The van der Waals surface area contributed by atoms with Crippen molar-refractivity contribution in [2.75, 3.05) is 0 Å². The van der Waals surface area contributed by atoms with E-state index in [-0.39, 0.29) is 24.0 Å². The van der Waals surface area contributed by atoms with Gasteiger partial charge in [-0.15, -0.1) is 11.3 Å². The second-order valence-electron chi connectivity index (χ2n) is 10.5. The van der Waals surface area contributed by atoms with Crippen LogP contribution >= 0.6 is 11.3 Å². The number of ether oxygens (including phenoxy) is 1. The number of esters is 1. The highest BCUT2D eigenvalue weighted by Gasteiger charge is 2.40. The number of aliphatic hydroxyl groups is 2. The first-order chi connectivity index (χ1) is 15.8. The molecule has 5 atom stereocenters. The zero-order chi connectivity index (χ0) is 25.6. The van der Waals surface area contributed by atoms with Gasteiger partial charge in [-0.05, 0) is 63.2 Å². The number of ketones is 1. The van der Waals surface area contributed by atoms with Crippen LogP contribution in [0.25, 0.3) is 6.08 Å². The standard InChI is InChI=1S/C27H41NO5S/c1-16-8-10-22(29)17(2)9-11-23(18(3)13-21-15-34-20(5)28-21)33-25(31)14-24(30)27(6,7)26(32)19(4)12-16/h9,13,15-16,19,22-24,29-30H,8,10-12,14H2,1-7H3/b17-9-,18-13+/t16-,19+,22-,23-,24?/m0/s1. The van der Waals surface area contributed by atoms with Crippen molar-refractivity contribution < 1.29 is 24.5 Å². The number of hydrogen-bond donors (Lipinski definition) is 2. The highest BCUT2D eigenvalue weighted by atomic mass is 32.1. The summed E-state index contributed by atoms with van der Waals surface area (Å²) >= 11 is 1.55. The Morgan fingerprint density at radius 3 is 2.50 bits per heavy atom. The van der Waals surface area contributed by atoms with Gasteiger partial charge in [-0.2, -0.15) is 0 Å². The Hall–Kier alpha value is -1.83. The number of Topliss-reactive ketones (excluding diaryl/α,β-unsaturated/α-hetero) is 1. The van der Waals surface area contributed by atoms with Gasteiger partial charge in [-0.25, -0.2) is 4.98 Å². The van der Waals surface area contributed by atoms with E-state index in [2.05, 4.69) is 11.9 Å². The number of nitrogens with zero attached hydrogens (tertiary/aromatic N) is 1. The maximum absolute atomic E-state index is 13.1. The van der Waals surface area contributed by atoms with Crippen LogP contribution in [0.1, 0.15) is 84.3 Å². The quantitative estimate of drug-likeness (QED) is 0.432. The van der Waals surface area contributed by atoms with E-state index in [0.29, 0.717) is 19.3 Å². The molecule has 1 aromatic heterocycles. The SMILES string of the molecule is C/C1=C/C[C@@H](/C(C)=C/c2csc(C)n2)OC(=O)CC(O)C(C)(C)C(=O)[C@H](C)C[C@@H](C)CC[C@@H]1O. The van der Waals surface area contributed by atoms with Crippen molar-refractivity contribution in [3.8, 4) is 0 Å². The molecule has 1 aliphatic rings. The topological polar surface area (TPSA) is 96.7 Å². The molecule has 0 fully saturated rings. The summed E-state index contributed by atoms with van der Waals surface area (Å²) < 4.78 is 5.79. The first kappa shape index (κ1) is 28.4. The maximum atomic E-state index is 13.1. The highest BCUT2D eigenvalue weighted by molar-refractivity contribution is 7.09. The van der Waals surface area contributed by atoms with Crippen molar-refractivity contribution in [3.05, 3.63) is 33.3 Å². The lowest BCUT2D eigenvalue weighted by atomic mass is 9.74. The van der Waals surface area contributed by atoms with Gasteiger partial charge in [0.2, 0.25) is 0 Å². The molecule has 34 heavy (non-hydrogen) atoms. The number of aliphatic hydroxyl groups excluding tert-OH is 2. The van der Waals surface area contributed by atoms with Crippen LogP contribution in [0, 0.1) is 24.2 Å². The van der Waals surface area contributed by atoms with E-state index in [9.17, 15) is 19.8 Å². The largest absolute Gasteiger partial charge is 0.457 e. The van der Waals surface area contributed by atoms with Gasteiger partial charge in [0.1, 0.15) is 11.9 Å². The number of cyclic esters (lactones) is 1. The number of hydrogen-bond acceptors (Lipinski definition) is 7. The first-order valence-corrected chi connectivity index (χ1v) is 13.1. The molecule has 2 heterocycles. The Labute approximate surface area is 208 Å². The molecule has 0 spiro atoms. The predicted octanol–water partition coefficient (Wildman–Crippen LogP) is 5.27. The second kappa shape index (κ2) is 12.2. The molecule has 0 amide bonds. The van der Waals surface area contributed by atoms with Crippen LogP contribution in [-0.4, -0.2) is 45.3 Å². The summed E-state index contributed by atoms with van der Waals surface area (Å²) in [5.74, 6) is -0.612. The van der Waals surface area contributed by atoms with Crippen LogP contribution in [0.2, 0.25) is 0 Å². The zero-order valence-electron chi connectivity index (χ0n) is 21.6. The highest BCUT2D eigenvalue weighted by Crippen LogP contribution is 2.32. The van der Waals surface area contributed by atoms with Gasteiger partial charge < -0.3 is 14.9 Å². The normalized spacial score (nSPS) is 32.1. The van der Waals surface area contributed by atoms with Crippen LogP contribution in [-0.2, 0) is 14.3 Å². The van der Waals surface area contributed by atoms with E-state index in [4.69, 9.17) is 4.74 Å². The molecule has 0 bridgehead atoms. The smallest absolute Gasteiger partial charge is 0.309 e. The second-order valence-corrected chi connectivity index (χ2v) is 11.5. The minimum atomic E-state index is -1.14. The molecule has 0 radical (unpaired) electrons. The third-order valence-corrected chi connectivity index (χ3v) is 7.73.